The summed E-state index contributed by atoms with van der Waals surface area (Å²) in [5, 5.41) is 8.05. The molecular formula is C21H22N2O5S. The van der Waals surface area contributed by atoms with Crippen molar-refractivity contribution in [2.24, 2.45) is 0 Å². The first-order valence-corrected chi connectivity index (χ1v) is 9.93. The molecule has 2 aromatic carbocycles. The van der Waals surface area contributed by atoms with Crippen LogP contribution in [0.15, 0.2) is 52.1 Å². The van der Waals surface area contributed by atoms with Gasteiger partial charge in [0, 0.05) is 11.6 Å². The van der Waals surface area contributed by atoms with Crippen molar-refractivity contribution < 1.29 is 23.4 Å². The van der Waals surface area contributed by atoms with Gasteiger partial charge >= 0.3 is 0 Å². The van der Waals surface area contributed by atoms with Gasteiger partial charge in [-0.15, -0.1) is 10.2 Å². The van der Waals surface area contributed by atoms with E-state index in [-0.39, 0.29) is 11.0 Å². The van der Waals surface area contributed by atoms with E-state index >= 15 is 0 Å². The fraction of sp³-hybridized carbons (Fsp3) is 0.286. The van der Waals surface area contributed by atoms with Crippen molar-refractivity contribution in [2.75, 3.05) is 20.8 Å². The average molecular weight is 414 g/mol. The van der Waals surface area contributed by atoms with Gasteiger partial charge in [-0.1, -0.05) is 11.8 Å². The van der Waals surface area contributed by atoms with Crippen molar-refractivity contribution in [1.29, 1.82) is 0 Å². The number of hydrogen-bond donors (Lipinski definition) is 0. The van der Waals surface area contributed by atoms with Crippen LogP contribution in [0.5, 0.6) is 17.2 Å². The van der Waals surface area contributed by atoms with Crippen LogP contribution < -0.4 is 14.2 Å². The molecule has 0 fully saturated rings. The molecule has 0 aliphatic rings. The highest BCUT2D eigenvalue weighted by molar-refractivity contribution is 8.00. The second-order valence-electron chi connectivity index (χ2n) is 6.02. The molecule has 0 amide bonds. The lowest BCUT2D eigenvalue weighted by Crippen LogP contribution is -2.13. The Morgan fingerprint density at radius 1 is 1.07 bits per heavy atom. The number of rotatable bonds is 9. The van der Waals surface area contributed by atoms with E-state index in [1.165, 1.54) is 11.8 Å². The molecule has 1 aromatic heterocycles. The minimum absolute atomic E-state index is 0.0279. The zero-order valence-corrected chi connectivity index (χ0v) is 17.5. The Morgan fingerprint density at radius 3 is 2.45 bits per heavy atom. The number of hydrogen-bond acceptors (Lipinski definition) is 8. The average Bonchev–Trinajstić information content (AvgIpc) is 3.21. The molecule has 0 aliphatic heterocycles. The van der Waals surface area contributed by atoms with Crippen molar-refractivity contribution >= 4 is 17.5 Å². The van der Waals surface area contributed by atoms with Crippen LogP contribution in [0.2, 0.25) is 0 Å². The minimum Gasteiger partial charge on any atom is -0.497 e. The first-order chi connectivity index (χ1) is 14.0. The maximum atomic E-state index is 12.7. The normalized spacial score (nSPS) is 11.7. The van der Waals surface area contributed by atoms with Crippen LogP contribution in [-0.2, 0) is 0 Å². The number of ether oxygens (including phenoxy) is 3. The van der Waals surface area contributed by atoms with Crippen molar-refractivity contribution in [2.45, 2.75) is 24.3 Å². The smallest absolute Gasteiger partial charge is 0.277 e. The quantitative estimate of drug-likeness (QED) is 0.373. The molecule has 7 nitrogen and oxygen atoms in total. The van der Waals surface area contributed by atoms with Crippen molar-refractivity contribution in [3.8, 4) is 28.7 Å². The van der Waals surface area contributed by atoms with Crippen molar-refractivity contribution in [3.63, 3.8) is 0 Å². The lowest BCUT2D eigenvalue weighted by molar-refractivity contribution is 0.0993. The number of thioether (sulfide) groups is 1. The molecule has 152 valence electrons. The molecule has 0 bridgehead atoms. The molecule has 1 atom stereocenters. The zero-order valence-electron chi connectivity index (χ0n) is 16.7. The highest BCUT2D eigenvalue weighted by Crippen LogP contribution is 2.34. The second-order valence-corrected chi connectivity index (χ2v) is 7.31. The van der Waals surface area contributed by atoms with Gasteiger partial charge in [0.05, 0.1) is 31.6 Å². The number of carbonyl (C=O) groups excluding carboxylic acids is 1. The maximum Gasteiger partial charge on any atom is 0.277 e. The number of carbonyl (C=O) groups is 1. The SMILES string of the molecule is CCOc1ccc(C(=O)[C@@H](C)Sc2nnc(-c3ccc(OC)cc3OC)o2)cc1. The van der Waals surface area contributed by atoms with E-state index in [0.29, 0.717) is 40.3 Å². The number of nitrogens with zero attached hydrogens (tertiary/aromatic N) is 2. The second kappa shape index (κ2) is 9.47. The topological polar surface area (TPSA) is 83.7 Å². The van der Waals surface area contributed by atoms with E-state index in [1.807, 2.05) is 6.92 Å². The molecule has 0 aliphatic carbocycles. The lowest BCUT2D eigenvalue weighted by atomic mass is 10.1. The van der Waals surface area contributed by atoms with Crippen LogP contribution in [-0.4, -0.2) is 42.1 Å². The third-order valence-electron chi connectivity index (χ3n) is 4.14. The van der Waals surface area contributed by atoms with Crippen molar-refractivity contribution in [1.82, 2.24) is 10.2 Å². The van der Waals surface area contributed by atoms with Crippen LogP contribution in [0.3, 0.4) is 0 Å². The van der Waals surface area contributed by atoms with E-state index in [0.717, 1.165) is 5.75 Å². The minimum atomic E-state index is -0.390. The summed E-state index contributed by atoms with van der Waals surface area (Å²) in [6, 6.07) is 12.4. The lowest BCUT2D eigenvalue weighted by Gasteiger charge is -2.09. The van der Waals surface area contributed by atoms with E-state index in [1.54, 1.807) is 63.6 Å². The Hall–Kier alpha value is -3.00. The Balaban J connectivity index is 1.71. The van der Waals surface area contributed by atoms with E-state index in [9.17, 15) is 4.79 Å². The number of aromatic nitrogens is 2. The van der Waals surface area contributed by atoms with E-state index in [4.69, 9.17) is 18.6 Å². The van der Waals surface area contributed by atoms with E-state index < -0.39 is 0 Å². The van der Waals surface area contributed by atoms with Crippen LogP contribution >= 0.6 is 11.8 Å². The molecule has 0 N–H and O–H groups in total. The molecule has 29 heavy (non-hydrogen) atoms. The van der Waals surface area contributed by atoms with Crippen LogP contribution in [0, 0.1) is 0 Å². The van der Waals surface area contributed by atoms with E-state index in [2.05, 4.69) is 10.2 Å². The summed E-state index contributed by atoms with van der Waals surface area (Å²) in [6.45, 7) is 4.30. The van der Waals surface area contributed by atoms with Gasteiger partial charge in [-0.25, -0.2) is 0 Å². The molecule has 0 saturated carbocycles. The molecule has 8 heteroatoms. The van der Waals surface area contributed by atoms with Gasteiger partial charge in [0.25, 0.3) is 11.1 Å². The first-order valence-electron chi connectivity index (χ1n) is 9.05. The fourth-order valence-corrected chi connectivity index (χ4v) is 3.42. The van der Waals surface area contributed by atoms with Gasteiger partial charge in [-0.3, -0.25) is 4.79 Å². The number of methoxy groups -OCH3 is 2. The highest BCUT2D eigenvalue weighted by Gasteiger charge is 2.21. The molecule has 0 unspecified atom stereocenters. The van der Waals surface area contributed by atoms with Crippen LogP contribution in [0.4, 0.5) is 0 Å². The van der Waals surface area contributed by atoms with Gasteiger partial charge in [-0.2, -0.15) is 0 Å². The molecule has 3 aromatic rings. The summed E-state index contributed by atoms with van der Waals surface area (Å²) in [5.41, 5.74) is 1.25. The predicted octanol–water partition coefficient (Wildman–Crippen LogP) is 4.52. The molecule has 0 radical (unpaired) electrons. The largest absolute Gasteiger partial charge is 0.497 e. The standard InChI is InChI=1S/C21H22N2O5S/c1-5-27-15-8-6-14(7-9-15)19(24)13(2)29-21-23-22-20(28-21)17-11-10-16(25-3)12-18(17)26-4/h6-13H,5H2,1-4H3/t13-/m1/s1. The summed E-state index contributed by atoms with van der Waals surface area (Å²) >= 11 is 1.21. The molecule has 3 rings (SSSR count). The molecular weight excluding hydrogens is 392 g/mol. The number of Topliss-reactive ketones (excluding diaryl/α,β-unsaturated/α-hetero) is 1. The molecule has 0 saturated heterocycles. The fourth-order valence-electron chi connectivity index (χ4n) is 2.66. The van der Waals surface area contributed by atoms with Gasteiger partial charge < -0.3 is 18.6 Å². The third-order valence-corrected chi connectivity index (χ3v) is 5.08. The summed E-state index contributed by atoms with van der Waals surface area (Å²) in [7, 11) is 3.14. The number of ketones is 1. The summed E-state index contributed by atoms with van der Waals surface area (Å²) in [4.78, 5) is 12.7. The Labute approximate surface area is 173 Å². The Bertz CT molecular complexity index is 971. The highest BCUT2D eigenvalue weighted by atomic mass is 32.2. The van der Waals surface area contributed by atoms with Gasteiger partial charge in [-0.05, 0) is 50.2 Å². The Morgan fingerprint density at radius 2 is 1.79 bits per heavy atom. The number of benzene rings is 2. The molecule has 0 spiro atoms. The maximum absolute atomic E-state index is 12.7. The predicted molar refractivity (Wildman–Crippen MR) is 110 cm³/mol. The van der Waals surface area contributed by atoms with Crippen LogP contribution in [0.1, 0.15) is 24.2 Å². The van der Waals surface area contributed by atoms with Crippen LogP contribution in [0.25, 0.3) is 11.5 Å². The van der Waals surface area contributed by atoms with Gasteiger partial charge in [0.2, 0.25) is 0 Å². The molecule has 1 heterocycles. The zero-order chi connectivity index (χ0) is 20.8. The third kappa shape index (κ3) is 4.89. The van der Waals surface area contributed by atoms with Gasteiger partial charge in [0.1, 0.15) is 17.2 Å². The van der Waals surface area contributed by atoms with Crippen molar-refractivity contribution in [3.05, 3.63) is 48.0 Å². The Kier molecular flexibility index (Phi) is 6.77. The summed E-state index contributed by atoms with van der Waals surface area (Å²) in [6.07, 6.45) is 0. The first kappa shape index (κ1) is 20.7. The van der Waals surface area contributed by atoms with Gasteiger partial charge in [0.15, 0.2) is 5.78 Å². The summed E-state index contributed by atoms with van der Waals surface area (Å²) in [5.74, 6) is 2.24. The summed E-state index contributed by atoms with van der Waals surface area (Å²) < 4.78 is 21.7. The monoisotopic (exact) mass is 414 g/mol.